The van der Waals surface area contributed by atoms with E-state index in [9.17, 15) is 45.5 Å². The van der Waals surface area contributed by atoms with Crippen LogP contribution in [0.1, 0.15) is 118 Å². The summed E-state index contributed by atoms with van der Waals surface area (Å²) in [4.78, 5) is 59.5. The van der Waals surface area contributed by atoms with Crippen molar-refractivity contribution in [3.05, 3.63) is 118 Å². The zero-order chi connectivity index (χ0) is 56.0. The number of urea groups is 2. The number of hydrogen-bond acceptors (Lipinski definition) is 8. The third-order valence-electron chi connectivity index (χ3n) is 16.6. The average Bonchev–Trinajstić information content (AvgIpc) is 3.44. The van der Waals surface area contributed by atoms with Crippen LogP contribution in [0.5, 0.6) is 11.5 Å². The van der Waals surface area contributed by atoms with Crippen LogP contribution in [0.2, 0.25) is 0 Å². The second-order valence-corrected chi connectivity index (χ2v) is 21.5. The van der Waals surface area contributed by atoms with Gasteiger partial charge in [-0.25, -0.2) is 9.59 Å². The molecule has 14 nitrogen and oxygen atoms in total. The Balaban J connectivity index is 0.000000178. The van der Waals surface area contributed by atoms with E-state index in [0.29, 0.717) is 98.8 Å². The van der Waals surface area contributed by atoms with Crippen molar-refractivity contribution in [2.45, 2.75) is 133 Å². The molecule has 0 radical (unpaired) electrons. The summed E-state index contributed by atoms with van der Waals surface area (Å²) in [6, 6.07) is 17.9. The molecule has 20 heteroatoms. The van der Waals surface area contributed by atoms with Crippen LogP contribution in [-0.2, 0) is 44.5 Å². The van der Waals surface area contributed by atoms with Gasteiger partial charge in [-0.15, -0.1) is 0 Å². The van der Waals surface area contributed by atoms with Crippen molar-refractivity contribution < 1.29 is 64.5 Å². The summed E-state index contributed by atoms with van der Waals surface area (Å²) in [5.74, 6) is -0.497. The van der Waals surface area contributed by atoms with Crippen LogP contribution >= 0.6 is 0 Å². The monoisotopic (exact) mass is 1100 g/mol. The molecule has 1 saturated carbocycles. The number of rotatable bonds is 8. The molecule has 0 aromatic heterocycles. The Bertz CT molecular complexity index is 3080. The lowest BCUT2D eigenvalue weighted by molar-refractivity contribution is -0.138. The van der Waals surface area contributed by atoms with Gasteiger partial charge in [0.25, 0.3) is 0 Å². The molecule has 6 aliphatic heterocycles. The molecule has 3 fully saturated rings. The van der Waals surface area contributed by atoms with Gasteiger partial charge in [-0.05, 0) is 129 Å². The van der Waals surface area contributed by atoms with Gasteiger partial charge in [-0.2, -0.15) is 26.3 Å². The van der Waals surface area contributed by atoms with Gasteiger partial charge in [0.15, 0.2) is 0 Å². The van der Waals surface area contributed by atoms with Gasteiger partial charge in [-0.3, -0.25) is 19.4 Å². The quantitative estimate of drug-likeness (QED) is 0.131. The zero-order valence-electron chi connectivity index (χ0n) is 44.6. The van der Waals surface area contributed by atoms with Crippen molar-refractivity contribution in [1.82, 2.24) is 9.80 Å². The van der Waals surface area contributed by atoms with E-state index in [0.717, 1.165) is 91.7 Å². The van der Waals surface area contributed by atoms with Gasteiger partial charge in [0.1, 0.15) is 22.7 Å². The van der Waals surface area contributed by atoms with Crippen molar-refractivity contribution in [2.24, 2.45) is 0 Å². The molecule has 4 aromatic rings. The summed E-state index contributed by atoms with van der Waals surface area (Å²) in [7, 11) is 3.45. The maximum Gasteiger partial charge on any atom is 0.416 e. The summed E-state index contributed by atoms with van der Waals surface area (Å²) in [5, 5.41) is 5.75. The lowest BCUT2D eigenvalue weighted by Crippen LogP contribution is -2.51. The molecule has 1 spiro atoms. The van der Waals surface area contributed by atoms with Crippen molar-refractivity contribution in [3.63, 3.8) is 0 Å². The molecule has 1 aliphatic carbocycles. The SMILES string of the molecule is CCC1(CC)C/C(=C\C(=O)Nc2ccc3c(c2)N(C)C(=O)N(C2CCOCC2)C3)c2ccc(C(F)(F)F)cc2O1.CN1C(=O)N(C2CCOCC2)Cc2ccc(NC(=O)/C=C3\CC4(CCC4)Oc4cc(C(F)(F)F)ccc43)cc21. The Morgan fingerprint density at radius 1 is 0.608 bits per heavy atom. The van der Waals surface area contributed by atoms with E-state index in [4.69, 9.17) is 18.9 Å². The molecule has 6 heterocycles. The Labute approximate surface area is 454 Å². The van der Waals surface area contributed by atoms with Crippen LogP contribution < -0.4 is 29.9 Å². The van der Waals surface area contributed by atoms with Crippen LogP contribution in [0.3, 0.4) is 0 Å². The molecule has 0 atom stereocenters. The number of nitrogens with one attached hydrogen (secondary N) is 2. The highest BCUT2D eigenvalue weighted by Crippen LogP contribution is 2.51. The second kappa shape index (κ2) is 21.9. The molecule has 2 N–H and O–H groups in total. The zero-order valence-corrected chi connectivity index (χ0v) is 44.6. The largest absolute Gasteiger partial charge is 0.486 e. The van der Waals surface area contributed by atoms with Crippen molar-refractivity contribution in [1.29, 1.82) is 0 Å². The normalized spacial score (nSPS) is 20.9. The number of anilines is 4. The van der Waals surface area contributed by atoms with Crippen molar-refractivity contribution in [2.75, 3.05) is 61.0 Å². The minimum atomic E-state index is -4.50. The number of carbonyl (C=O) groups excluding carboxylic acids is 4. The molecule has 79 heavy (non-hydrogen) atoms. The van der Waals surface area contributed by atoms with Gasteiger partial charge in [0.05, 0.1) is 22.5 Å². The number of benzene rings is 4. The molecule has 11 rings (SSSR count). The summed E-state index contributed by atoms with van der Waals surface area (Å²) in [6.07, 6.45) is 1.56. The van der Waals surface area contributed by atoms with Crippen LogP contribution in [0, 0.1) is 0 Å². The smallest absolute Gasteiger partial charge is 0.416 e. The van der Waals surface area contributed by atoms with E-state index in [-0.39, 0.29) is 41.6 Å². The fraction of sp³-hybridized carbons (Fsp3) is 0.458. The van der Waals surface area contributed by atoms with Crippen molar-refractivity contribution >= 4 is 57.8 Å². The summed E-state index contributed by atoms with van der Waals surface area (Å²) in [5.41, 5.74) is 3.92. The topological polar surface area (TPSA) is 142 Å². The number of fused-ring (bicyclic) bond motifs is 4. The van der Waals surface area contributed by atoms with Gasteiger partial charge < -0.3 is 39.4 Å². The van der Waals surface area contributed by atoms with E-state index in [1.165, 1.54) is 24.3 Å². The minimum absolute atomic E-state index is 0.0807. The molecule has 7 aliphatic rings. The average molecular weight is 1100 g/mol. The maximum atomic E-state index is 13.4. The highest BCUT2D eigenvalue weighted by molar-refractivity contribution is 6.06. The lowest BCUT2D eigenvalue weighted by atomic mass is 9.72. The van der Waals surface area contributed by atoms with Gasteiger partial charge in [0.2, 0.25) is 11.8 Å². The fourth-order valence-corrected chi connectivity index (χ4v) is 11.8. The molecule has 4 aromatic carbocycles. The van der Waals surface area contributed by atoms with Gasteiger partial charge in [0, 0.05) is 113 Å². The van der Waals surface area contributed by atoms with Crippen LogP contribution in [0.15, 0.2) is 84.9 Å². The summed E-state index contributed by atoms with van der Waals surface area (Å²) < 4.78 is 103. The number of alkyl halides is 6. The maximum absolute atomic E-state index is 13.4. The first-order chi connectivity index (χ1) is 37.6. The van der Waals surface area contributed by atoms with Gasteiger partial charge >= 0.3 is 24.4 Å². The first-order valence-corrected chi connectivity index (χ1v) is 27.0. The molecular weight excluding hydrogens is 1030 g/mol. The van der Waals surface area contributed by atoms with Gasteiger partial charge in [-0.1, -0.05) is 38.1 Å². The van der Waals surface area contributed by atoms with E-state index >= 15 is 0 Å². The molecule has 2 saturated heterocycles. The Morgan fingerprint density at radius 2 is 1.04 bits per heavy atom. The number of halogens is 6. The first kappa shape index (κ1) is 55.3. The van der Waals surface area contributed by atoms with E-state index in [2.05, 4.69) is 10.6 Å². The lowest BCUT2D eigenvalue weighted by Gasteiger charge is -2.46. The first-order valence-electron chi connectivity index (χ1n) is 27.0. The molecule has 0 bridgehead atoms. The minimum Gasteiger partial charge on any atom is -0.486 e. The number of hydrogen-bond donors (Lipinski definition) is 2. The number of carbonyl (C=O) groups is 4. The molecule has 0 unspecified atom stereocenters. The fourth-order valence-electron chi connectivity index (χ4n) is 11.8. The molecule has 420 valence electrons. The van der Waals surface area contributed by atoms with Crippen molar-refractivity contribution in [3.8, 4) is 11.5 Å². The standard InChI is InChI=1S/C30H34F3N3O4.C29H30F3N3O4/c1-4-29(5-2)17-20(24-9-7-21(30(31,32)33)15-26(24)40-29)14-27(37)34-22-8-6-19-18-36(23-10-12-39-13-11-23)28(38)35(3)25(19)16-22;1-34-24-15-21(5-3-18(24)17-35(27(34)37)22-7-11-38-12-8-22)33-26(36)13-19-16-28(9-2-10-28)39-25-14-20(29(30,31)32)4-6-23(19)25/h6-9,14-16,23H,4-5,10-13,17-18H2,1-3H3,(H,34,37);3-6,13-15,22H,2,7-12,16-17H2,1H3,(H,33,36)/b20-14+;19-13+. The summed E-state index contributed by atoms with van der Waals surface area (Å²) in [6.45, 7) is 7.42. The van der Waals surface area contributed by atoms with E-state index in [1.807, 2.05) is 41.8 Å². The Morgan fingerprint density at radius 3 is 1.44 bits per heavy atom. The highest BCUT2D eigenvalue weighted by atomic mass is 19.4. The predicted molar refractivity (Wildman–Crippen MR) is 286 cm³/mol. The number of nitrogens with zero attached hydrogens (tertiary/aromatic N) is 4. The third-order valence-corrected chi connectivity index (χ3v) is 16.6. The van der Waals surface area contributed by atoms with E-state index in [1.54, 1.807) is 42.1 Å². The van der Waals surface area contributed by atoms with Crippen LogP contribution in [0.4, 0.5) is 58.7 Å². The van der Waals surface area contributed by atoms with E-state index < -0.39 is 40.6 Å². The number of ether oxygens (including phenoxy) is 4. The molecular formula is C59H64F6N6O8. The summed E-state index contributed by atoms with van der Waals surface area (Å²) >= 11 is 0. The highest BCUT2D eigenvalue weighted by Gasteiger charge is 2.45. The molecule has 6 amide bonds. The third kappa shape index (κ3) is 11.5. The predicted octanol–water partition coefficient (Wildman–Crippen LogP) is 12.6. The Kier molecular flexibility index (Phi) is 15.3. The second-order valence-electron chi connectivity index (χ2n) is 21.5. The Hall–Kier alpha value is -7.06. The number of amides is 6. The van der Waals surface area contributed by atoms with Crippen LogP contribution in [0.25, 0.3) is 11.1 Å². The van der Waals surface area contributed by atoms with Crippen LogP contribution in [-0.4, -0.2) is 97.5 Å².